The number of hydrogen-bond donors (Lipinski definition) is 0. The van der Waals surface area contributed by atoms with E-state index in [1.165, 1.54) is 0 Å². The average Bonchev–Trinajstić information content (AvgIpc) is 1.97. The summed E-state index contributed by atoms with van der Waals surface area (Å²) in [6.07, 6.45) is 10.6. The van der Waals surface area contributed by atoms with Crippen LogP contribution in [0.15, 0.2) is 49.1 Å². The molecule has 0 aromatic heterocycles. The van der Waals surface area contributed by atoms with Crippen molar-refractivity contribution in [3.63, 3.8) is 0 Å². The highest BCUT2D eigenvalue weighted by Gasteiger charge is 1.79. The standard InChI is InChI=1S/C10H14/c1-4-6-8-10(3)9-7-5-2/h4-8H,1,3,9H2,2H3/b7-5-,8-6-. The van der Waals surface area contributed by atoms with Gasteiger partial charge in [-0.05, 0) is 13.3 Å². The molecule has 54 valence electrons. The van der Waals surface area contributed by atoms with E-state index in [1.54, 1.807) is 6.08 Å². The lowest BCUT2D eigenvalue weighted by molar-refractivity contribution is 1.29. The molecular formula is C10H14. The minimum Gasteiger partial charge on any atom is -0.0991 e. The van der Waals surface area contributed by atoms with Crippen LogP contribution in [0, 0.1) is 0 Å². The molecule has 0 amide bonds. The van der Waals surface area contributed by atoms with Crippen molar-refractivity contribution in [2.24, 2.45) is 0 Å². The highest BCUT2D eigenvalue weighted by atomic mass is 13.9. The monoisotopic (exact) mass is 134 g/mol. The predicted molar refractivity (Wildman–Crippen MR) is 47.9 cm³/mol. The molecule has 0 rings (SSSR count). The van der Waals surface area contributed by atoms with Crippen LogP contribution in [0.5, 0.6) is 0 Å². The van der Waals surface area contributed by atoms with Gasteiger partial charge in [-0.25, -0.2) is 0 Å². The fourth-order valence-corrected chi connectivity index (χ4v) is 0.541. The average molecular weight is 134 g/mol. The van der Waals surface area contributed by atoms with Gasteiger partial charge in [0, 0.05) is 0 Å². The Morgan fingerprint density at radius 3 is 2.70 bits per heavy atom. The van der Waals surface area contributed by atoms with E-state index in [9.17, 15) is 0 Å². The molecule has 0 atom stereocenters. The van der Waals surface area contributed by atoms with Crippen molar-refractivity contribution in [2.45, 2.75) is 13.3 Å². The molecule has 0 heteroatoms. The van der Waals surface area contributed by atoms with Crippen LogP contribution in [0.3, 0.4) is 0 Å². The fraction of sp³-hybridized carbons (Fsp3) is 0.200. The van der Waals surface area contributed by atoms with Crippen molar-refractivity contribution < 1.29 is 0 Å². The molecule has 0 fully saturated rings. The lowest BCUT2D eigenvalue weighted by atomic mass is 10.2. The third kappa shape index (κ3) is 5.10. The van der Waals surface area contributed by atoms with E-state index in [1.807, 2.05) is 25.2 Å². The van der Waals surface area contributed by atoms with E-state index in [-0.39, 0.29) is 0 Å². The topological polar surface area (TPSA) is 0 Å². The summed E-state index contributed by atoms with van der Waals surface area (Å²) in [5, 5.41) is 0. The molecule has 0 aromatic rings. The minimum absolute atomic E-state index is 0.931. The Hall–Kier alpha value is -1.04. The second-order valence-electron chi connectivity index (χ2n) is 2.03. The predicted octanol–water partition coefficient (Wildman–Crippen LogP) is 3.25. The Balaban J connectivity index is 3.63. The van der Waals surface area contributed by atoms with E-state index in [0.29, 0.717) is 0 Å². The maximum Gasteiger partial charge on any atom is -0.0103 e. The number of rotatable bonds is 4. The lowest BCUT2D eigenvalue weighted by Crippen LogP contribution is -1.69. The summed E-state index contributed by atoms with van der Waals surface area (Å²) in [5.74, 6) is 0. The third-order valence-electron chi connectivity index (χ3n) is 1.08. The first-order valence-electron chi connectivity index (χ1n) is 3.39. The van der Waals surface area contributed by atoms with E-state index in [2.05, 4.69) is 19.2 Å². The number of hydrogen-bond acceptors (Lipinski definition) is 0. The number of allylic oxidation sites excluding steroid dienone is 6. The third-order valence-corrected chi connectivity index (χ3v) is 1.08. The van der Waals surface area contributed by atoms with Gasteiger partial charge in [0.1, 0.15) is 0 Å². The quantitative estimate of drug-likeness (QED) is 0.409. The Kier molecular flexibility index (Phi) is 5.45. The largest absolute Gasteiger partial charge is 0.0991 e. The SMILES string of the molecule is C=C/C=C\C(=C)C/C=C\C. The molecule has 0 heterocycles. The molecule has 0 N–H and O–H groups in total. The van der Waals surface area contributed by atoms with Gasteiger partial charge in [0.15, 0.2) is 0 Å². The van der Waals surface area contributed by atoms with Gasteiger partial charge in [0.05, 0.1) is 0 Å². The van der Waals surface area contributed by atoms with Crippen molar-refractivity contribution in [2.75, 3.05) is 0 Å². The molecule has 0 saturated heterocycles. The first-order chi connectivity index (χ1) is 4.81. The molecule has 10 heavy (non-hydrogen) atoms. The van der Waals surface area contributed by atoms with Crippen LogP contribution in [0.1, 0.15) is 13.3 Å². The molecule has 0 radical (unpaired) electrons. The summed E-state index contributed by atoms with van der Waals surface area (Å²) in [5.41, 5.74) is 1.11. The zero-order valence-electron chi connectivity index (χ0n) is 6.51. The minimum atomic E-state index is 0.931. The Bertz CT molecular complexity index is 159. The van der Waals surface area contributed by atoms with Gasteiger partial charge >= 0.3 is 0 Å². The molecule has 0 aromatic carbocycles. The smallest absolute Gasteiger partial charge is 0.0103 e. The van der Waals surface area contributed by atoms with Crippen LogP contribution in [-0.2, 0) is 0 Å². The second kappa shape index (κ2) is 6.09. The highest BCUT2D eigenvalue weighted by Crippen LogP contribution is 2.00. The second-order valence-corrected chi connectivity index (χ2v) is 2.03. The van der Waals surface area contributed by atoms with Gasteiger partial charge in [-0.2, -0.15) is 0 Å². The zero-order chi connectivity index (χ0) is 7.82. The molecule has 0 spiro atoms. The fourth-order valence-electron chi connectivity index (χ4n) is 0.541. The van der Waals surface area contributed by atoms with Crippen molar-refractivity contribution >= 4 is 0 Å². The maximum atomic E-state index is 3.84. The lowest BCUT2D eigenvalue weighted by Gasteiger charge is -1.89. The van der Waals surface area contributed by atoms with Crippen molar-refractivity contribution in [3.05, 3.63) is 49.1 Å². The van der Waals surface area contributed by atoms with Crippen LogP contribution in [0.25, 0.3) is 0 Å². The van der Waals surface area contributed by atoms with Crippen molar-refractivity contribution in [1.29, 1.82) is 0 Å². The molecule has 0 aliphatic carbocycles. The highest BCUT2D eigenvalue weighted by molar-refractivity contribution is 5.20. The van der Waals surface area contributed by atoms with Crippen LogP contribution in [-0.4, -0.2) is 0 Å². The van der Waals surface area contributed by atoms with Gasteiger partial charge in [0.2, 0.25) is 0 Å². The van der Waals surface area contributed by atoms with E-state index >= 15 is 0 Å². The first kappa shape index (κ1) is 8.96. The van der Waals surface area contributed by atoms with Crippen LogP contribution in [0.2, 0.25) is 0 Å². The van der Waals surface area contributed by atoms with Gasteiger partial charge in [-0.1, -0.05) is 49.1 Å². The maximum absolute atomic E-state index is 3.84. The molecule has 0 aliphatic heterocycles. The van der Waals surface area contributed by atoms with Crippen LogP contribution in [0.4, 0.5) is 0 Å². The van der Waals surface area contributed by atoms with Gasteiger partial charge < -0.3 is 0 Å². The van der Waals surface area contributed by atoms with Gasteiger partial charge in [-0.15, -0.1) is 0 Å². The van der Waals surface area contributed by atoms with E-state index in [4.69, 9.17) is 0 Å². The Morgan fingerprint density at radius 2 is 2.20 bits per heavy atom. The van der Waals surface area contributed by atoms with Gasteiger partial charge in [-0.3, -0.25) is 0 Å². The summed E-state index contributed by atoms with van der Waals surface area (Å²) in [6, 6.07) is 0. The summed E-state index contributed by atoms with van der Waals surface area (Å²) < 4.78 is 0. The summed E-state index contributed by atoms with van der Waals surface area (Å²) in [7, 11) is 0. The normalized spacial score (nSPS) is 10.9. The van der Waals surface area contributed by atoms with E-state index < -0.39 is 0 Å². The molecular weight excluding hydrogens is 120 g/mol. The van der Waals surface area contributed by atoms with Crippen LogP contribution >= 0.6 is 0 Å². The zero-order valence-corrected chi connectivity index (χ0v) is 6.51. The first-order valence-corrected chi connectivity index (χ1v) is 3.39. The summed E-state index contributed by atoms with van der Waals surface area (Å²) in [6.45, 7) is 9.42. The molecule has 0 nitrogen and oxygen atoms in total. The van der Waals surface area contributed by atoms with Crippen molar-refractivity contribution in [3.8, 4) is 0 Å². The summed E-state index contributed by atoms with van der Waals surface area (Å²) in [4.78, 5) is 0. The molecule has 0 unspecified atom stereocenters. The molecule has 0 aliphatic rings. The Morgan fingerprint density at radius 1 is 1.50 bits per heavy atom. The van der Waals surface area contributed by atoms with Gasteiger partial charge in [0.25, 0.3) is 0 Å². The molecule has 0 saturated carbocycles. The molecule has 0 bridgehead atoms. The van der Waals surface area contributed by atoms with Crippen molar-refractivity contribution in [1.82, 2.24) is 0 Å². The van der Waals surface area contributed by atoms with Crippen LogP contribution < -0.4 is 0 Å². The summed E-state index contributed by atoms with van der Waals surface area (Å²) >= 11 is 0. The Labute approximate surface area is 63.3 Å². The van der Waals surface area contributed by atoms with E-state index in [0.717, 1.165) is 12.0 Å².